The number of rotatable bonds is 7. The zero-order valence-corrected chi connectivity index (χ0v) is 19.6. The molecule has 1 amide bonds. The van der Waals surface area contributed by atoms with E-state index in [4.69, 9.17) is 0 Å². The maximum absolute atomic E-state index is 12.8. The van der Waals surface area contributed by atoms with Crippen molar-refractivity contribution in [1.29, 1.82) is 0 Å². The first-order chi connectivity index (χ1) is 14.3. The van der Waals surface area contributed by atoms with E-state index in [1.54, 1.807) is 13.8 Å². The van der Waals surface area contributed by atoms with Crippen LogP contribution in [0.2, 0.25) is 0 Å². The summed E-state index contributed by atoms with van der Waals surface area (Å²) >= 11 is 0. The summed E-state index contributed by atoms with van der Waals surface area (Å²) in [5, 5.41) is 0. The average Bonchev–Trinajstić information content (AvgIpc) is 2.85. The number of likely N-dealkylation sites (N-methyl/N-ethyl adjacent to an activating group) is 1. The highest BCUT2D eigenvalue weighted by Gasteiger charge is 2.49. The fraction of sp³-hybridized carbons (Fsp3) is 0.381. The number of nitrogens with one attached hydrogen (secondary N) is 1. The standard InChI is InChI=1S/C21H27N3O5S2/c1-21(2)15-30(26,27)24(20(21)25)17-10-12-18(13-11-17)31(28,29)22-14-19(23(3)4)16-8-6-5-7-9-16/h5-13,19,22H,14-15H2,1-4H3/t19-/m1/s1. The fourth-order valence-electron chi connectivity index (χ4n) is 3.57. The third kappa shape index (κ3) is 4.82. The van der Waals surface area contributed by atoms with Crippen LogP contribution in [0.4, 0.5) is 5.69 Å². The minimum absolute atomic E-state index is 0.00915. The van der Waals surface area contributed by atoms with Gasteiger partial charge in [-0.25, -0.2) is 25.9 Å². The normalized spacial score (nSPS) is 19.0. The number of benzene rings is 2. The minimum atomic E-state index is -3.83. The van der Waals surface area contributed by atoms with Crippen LogP contribution in [0.3, 0.4) is 0 Å². The van der Waals surface area contributed by atoms with Crippen molar-refractivity contribution in [1.82, 2.24) is 9.62 Å². The second kappa shape index (κ2) is 8.34. The SMILES string of the molecule is CN(C)[C@H](CNS(=O)(=O)c1ccc(N2C(=O)C(C)(C)CS2(=O)=O)cc1)c1ccccc1. The van der Waals surface area contributed by atoms with Crippen molar-refractivity contribution < 1.29 is 21.6 Å². The molecule has 1 aliphatic heterocycles. The van der Waals surface area contributed by atoms with Gasteiger partial charge in [-0.15, -0.1) is 0 Å². The Morgan fingerprint density at radius 1 is 1.06 bits per heavy atom. The topological polar surface area (TPSA) is 104 Å². The number of nitrogens with zero attached hydrogens (tertiary/aromatic N) is 2. The molecule has 1 saturated heterocycles. The largest absolute Gasteiger partial charge is 0.301 e. The van der Waals surface area contributed by atoms with Crippen LogP contribution in [0.15, 0.2) is 59.5 Å². The maximum atomic E-state index is 12.8. The lowest BCUT2D eigenvalue weighted by molar-refractivity contribution is -0.123. The lowest BCUT2D eigenvalue weighted by Crippen LogP contribution is -2.34. The summed E-state index contributed by atoms with van der Waals surface area (Å²) in [6.45, 7) is 3.31. The first-order valence-corrected chi connectivity index (χ1v) is 12.8. The van der Waals surface area contributed by atoms with E-state index in [2.05, 4.69) is 4.72 Å². The van der Waals surface area contributed by atoms with Crippen LogP contribution in [0.5, 0.6) is 0 Å². The molecule has 168 valence electrons. The Kier molecular flexibility index (Phi) is 6.30. The van der Waals surface area contributed by atoms with Gasteiger partial charge < -0.3 is 4.90 Å². The quantitative estimate of drug-likeness (QED) is 0.671. The molecule has 0 aliphatic carbocycles. The molecule has 10 heteroatoms. The van der Waals surface area contributed by atoms with Crippen LogP contribution in [-0.2, 0) is 24.8 Å². The minimum Gasteiger partial charge on any atom is -0.301 e. The van der Waals surface area contributed by atoms with E-state index in [1.807, 2.05) is 49.3 Å². The van der Waals surface area contributed by atoms with Crippen LogP contribution in [0.25, 0.3) is 0 Å². The second-order valence-corrected chi connectivity index (χ2v) is 12.0. The number of carbonyl (C=O) groups excluding carboxylic acids is 1. The molecule has 1 atom stereocenters. The summed E-state index contributed by atoms with van der Waals surface area (Å²) in [6, 6.07) is 14.7. The lowest BCUT2D eigenvalue weighted by atomic mass is 9.95. The zero-order valence-electron chi connectivity index (χ0n) is 17.9. The molecule has 0 radical (unpaired) electrons. The van der Waals surface area contributed by atoms with Crippen LogP contribution in [0.1, 0.15) is 25.5 Å². The van der Waals surface area contributed by atoms with E-state index in [-0.39, 0.29) is 28.9 Å². The molecule has 0 unspecified atom stereocenters. The predicted molar refractivity (Wildman–Crippen MR) is 120 cm³/mol. The van der Waals surface area contributed by atoms with Crippen molar-refractivity contribution in [3.63, 3.8) is 0 Å². The third-order valence-electron chi connectivity index (χ3n) is 5.24. The molecule has 31 heavy (non-hydrogen) atoms. The zero-order chi connectivity index (χ0) is 23.0. The molecule has 0 bridgehead atoms. The number of sulfonamides is 2. The number of hydrogen-bond donors (Lipinski definition) is 1. The van der Waals surface area contributed by atoms with E-state index in [9.17, 15) is 21.6 Å². The Labute approximate surface area is 184 Å². The van der Waals surface area contributed by atoms with E-state index in [1.165, 1.54) is 24.3 Å². The highest BCUT2D eigenvalue weighted by molar-refractivity contribution is 7.94. The van der Waals surface area contributed by atoms with E-state index in [0.29, 0.717) is 0 Å². The molecule has 1 fully saturated rings. The summed E-state index contributed by atoms with van der Waals surface area (Å²) in [4.78, 5) is 14.4. The Morgan fingerprint density at radius 2 is 1.65 bits per heavy atom. The molecular formula is C21H27N3O5S2. The van der Waals surface area contributed by atoms with Crippen LogP contribution in [-0.4, -0.2) is 54.0 Å². The summed E-state index contributed by atoms with van der Waals surface area (Å²) in [6.07, 6.45) is 0. The van der Waals surface area contributed by atoms with Gasteiger partial charge in [-0.1, -0.05) is 30.3 Å². The van der Waals surface area contributed by atoms with Gasteiger partial charge >= 0.3 is 0 Å². The molecule has 1 heterocycles. The van der Waals surface area contributed by atoms with Crippen LogP contribution >= 0.6 is 0 Å². The summed E-state index contributed by atoms with van der Waals surface area (Å²) in [5.41, 5.74) is 0.0833. The van der Waals surface area contributed by atoms with Crippen molar-refractivity contribution >= 4 is 31.6 Å². The summed E-state index contributed by atoms with van der Waals surface area (Å²) < 4.78 is 53.8. The highest BCUT2D eigenvalue weighted by Crippen LogP contribution is 2.36. The number of amides is 1. The number of carbonyl (C=O) groups is 1. The van der Waals surface area contributed by atoms with Gasteiger partial charge in [0.1, 0.15) is 0 Å². The van der Waals surface area contributed by atoms with Gasteiger partial charge in [0.05, 0.1) is 21.8 Å². The second-order valence-electron chi connectivity index (χ2n) is 8.45. The molecule has 2 aromatic carbocycles. The first-order valence-electron chi connectivity index (χ1n) is 9.74. The molecule has 1 aliphatic rings. The van der Waals surface area contributed by atoms with Gasteiger partial charge in [-0.05, 0) is 57.8 Å². The predicted octanol–water partition coefficient (Wildman–Crippen LogP) is 1.97. The molecule has 3 rings (SSSR count). The lowest BCUT2D eigenvalue weighted by Gasteiger charge is -2.25. The van der Waals surface area contributed by atoms with E-state index < -0.39 is 31.4 Å². The van der Waals surface area contributed by atoms with Crippen molar-refractivity contribution in [2.24, 2.45) is 5.41 Å². The Bertz CT molecular complexity index is 1160. The van der Waals surface area contributed by atoms with Gasteiger partial charge in [0.15, 0.2) is 0 Å². The Hall–Kier alpha value is -2.27. The molecular weight excluding hydrogens is 438 g/mol. The summed E-state index contributed by atoms with van der Waals surface area (Å²) in [7, 11) is -3.88. The summed E-state index contributed by atoms with van der Waals surface area (Å²) in [5.74, 6) is -0.816. The van der Waals surface area contributed by atoms with E-state index >= 15 is 0 Å². The van der Waals surface area contributed by atoms with Crippen LogP contribution < -0.4 is 9.03 Å². The van der Waals surface area contributed by atoms with Gasteiger partial charge in [-0.3, -0.25) is 4.79 Å². The van der Waals surface area contributed by atoms with Crippen molar-refractivity contribution in [3.8, 4) is 0 Å². The van der Waals surface area contributed by atoms with Crippen molar-refractivity contribution in [3.05, 3.63) is 60.2 Å². The molecule has 0 saturated carbocycles. The van der Waals surface area contributed by atoms with Crippen LogP contribution in [0, 0.1) is 5.41 Å². The van der Waals surface area contributed by atoms with Crippen molar-refractivity contribution in [2.45, 2.75) is 24.8 Å². The fourth-order valence-corrected chi connectivity index (χ4v) is 6.71. The third-order valence-corrected chi connectivity index (χ3v) is 8.70. The Balaban J connectivity index is 1.79. The van der Waals surface area contributed by atoms with Gasteiger partial charge in [0.25, 0.3) is 0 Å². The average molecular weight is 466 g/mol. The highest BCUT2D eigenvalue weighted by atomic mass is 32.2. The monoisotopic (exact) mass is 465 g/mol. The molecule has 0 aromatic heterocycles. The molecule has 0 spiro atoms. The number of hydrogen-bond acceptors (Lipinski definition) is 6. The molecule has 2 aromatic rings. The van der Waals surface area contributed by atoms with Gasteiger partial charge in [0, 0.05) is 12.6 Å². The van der Waals surface area contributed by atoms with Crippen molar-refractivity contribution in [2.75, 3.05) is 30.7 Å². The molecule has 8 nitrogen and oxygen atoms in total. The maximum Gasteiger partial charge on any atom is 0.247 e. The number of anilines is 1. The van der Waals surface area contributed by atoms with E-state index in [0.717, 1.165) is 9.87 Å². The smallest absolute Gasteiger partial charge is 0.247 e. The Morgan fingerprint density at radius 3 is 2.13 bits per heavy atom. The molecule has 1 N–H and O–H groups in total. The first kappa shape index (κ1) is 23.4. The van der Waals surface area contributed by atoms with Gasteiger partial charge in [0.2, 0.25) is 26.0 Å². The van der Waals surface area contributed by atoms with Gasteiger partial charge in [-0.2, -0.15) is 0 Å².